The maximum absolute atomic E-state index is 10.4. The number of thiol groups is 1. The molecule has 0 saturated heterocycles. The summed E-state index contributed by atoms with van der Waals surface area (Å²) in [5.74, 6) is 0.744. The van der Waals surface area contributed by atoms with Crippen LogP contribution >= 0.6 is 12.6 Å². The van der Waals surface area contributed by atoms with Gasteiger partial charge in [0, 0.05) is 6.92 Å². The molecule has 1 rings (SSSR count). The first-order chi connectivity index (χ1) is 5.18. The monoisotopic (exact) mass is 174 g/mol. The highest BCUT2D eigenvalue weighted by Crippen LogP contribution is 2.49. The minimum atomic E-state index is -0.181. The van der Waals surface area contributed by atoms with Crippen LogP contribution in [0.15, 0.2) is 0 Å². The van der Waals surface area contributed by atoms with Crippen LogP contribution < -0.4 is 0 Å². The van der Waals surface area contributed by atoms with Gasteiger partial charge in [-0.25, -0.2) is 0 Å². The Kier molecular flexibility index (Phi) is 2.82. The predicted octanol–water partition coefficient (Wildman–Crippen LogP) is 1.65. The summed E-state index contributed by atoms with van der Waals surface area (Å²) in [6.07, 6.45) is 3.48. The minimum Gasteiger partial charge on any atom is -0.466 e. The first kappa shape index (κ1) is 8.91. The third-order valence-electron chi connectivity index (χ3n) is 2.23. The molecule has 0 atom stereocenters. The molecule has 3 heteroatoms. The van der Waals surface area contributed by atoms with Crippen molar-refractivity contribution < 1.29 is 9.53 Å². The predicted molar refractivity (Wildman–Crippen MR) is 46.8 cm³/mol. The SMILES string of the molecule is CC(=O)OCCC1(CS)CC1. The zero-order valence-corrected chi connectivity index (χ0v) is 7.69. The number of rotatable bonds is 4. The Morgan fingerprint density at radius 2 is 2.27 bits per heavy atom. The van der Waals surface area contributed by atoms with E-state index in [1.54, 1.807) is 0 Å². The van der Waals surface area contributed by atoms with Gasteiger partial charge in [0.25, 0.3) is 0 Å². The number of carbonyl (C=O) groups is 1. The van der Waals surface area contributed by atoms with Crippen molar-refractivity contribution in [3.05, 3.63) is 0 Å². The van der Waals surface area contributed by atoms with Gasteiger partial charge in [-0.15, -0.1) is 0 Å². The molecule has 11 heavy (non-hydrogen) atoms. The Bertz CT molecular complexity index is 152. The third-order valence-corrected chi connectivity index (χ3v) is 2.90. The quantitative estimate of drug-likeness (QED) is 0.518. The maximum atomic E-state index is 10.4. The van der Waals surface area contributed by atoms with Crippen LogP contribution in [0.2, 0.25) is 0 Å². The van der Waals surface area contributed by atoms with Gasteiger partial charge in [-0.2, -0.15) is 12.6 Å². The van der Waals surface area contributed by atoms with Crippen molar-refractivity contribution in [2.45, 2.75) is 26.2 Å². The van der Waals surface area contributed by atoms with Gasteiger partial charge in [0.15, 0.2) is 0 Å². The fraction of sp³-hybridized carbons (Fsp3) is 0.875. The van der Waals surface area contributed by atoms with E-state index in [-0.39, 0.29) is 5.97 Å². The number of hydrogen-bond acceptors (Lipinski definition) is 3. The zero-order chi connectivity index (χ0) is 8.32. The molecule has 1 fully saturated rings. The molecule has 0 N–H and O–H groups in total. The molecule has 0 amide bonds. The van der Waals surface area contributed by atoms with Crippen molar-refractivity contribution in [3.63, 3.8) is 0 Å². The molecule has 1 aliphatic carbocycles. The van der Waals surface area contributed by atoms with E-state index in [9.17, 15) is 4.79 Å². The summed E-state index contributed by atoms with van der Waals surface area (Å²) in [6.45, 7) is 2.01. The van der Waals surface area contributed by atoms with Crippen LogP contribution in [0.25, 0.3) is 0 Å². The van der Waals surface area contributed by atoms with Crippen LogP contribution in [-0.2, 0) is 9.53 Å². The largest absolute Gasteiger partial charge is 0.466 e. The second kappa shape index (κ2) is 3.48. The first-order valence-corrected chi connectivity index (χ1v) is 4.56. The summed E-state index contributed by atoms with van der Waals surface area (Å²) < 4.78 is 4.85. The van der Waals surface area contributed by atoms with Crippen molar-refractivity contribution in [1.82, 2.24) is 0 Å². The molecule has 0 unspecified atom stereocenters. The Balaban J connectivity index is 2.07. The fourth-order valence-corrected chi connectivity index (χ4v) is 1.55. The molecule has 0 spiro atoms. The molecule has 0 aliphatic heterocycles. The lowest BCUT2D eigenvalue weighted by Gasteiger charge is -2.10. The van der Waals surface area contributed by atoms with Crippen LogP contribution in [0.4, 0.5) is 0 Å². The van der Waals surface area contributed by atoms with Gasteiger partial charge >= 0.3 is 5.97 Å². The Morgan fingerprint density at radius 1 is 1.64 bits per heavy atom. The first-order valence-electron chi connectivity index (χ1n) is 3.93. The van der Waals surface area contributed by atoms with Crippen molar-refractivity contribution in [3.8, 4) is 0 Å². The van der Waals surface area contributed by atoms with Gasteiger partial charge in [0.1, 0.15) is 0 Å². The highest BCUT2D eigenvalue weighted by atomic mass is 32.1. The van der Waals surface area contributed by atoms with Crippen LogP contribution in [0, 0.1) is 5.41 Å². The molecular formula is C8H14O2S. The zero-order valence-electron chi connectivity index (χ0n) is 6.80. The molecule has 1 aliphatic rings. The lowest BCUT2D eigenvalue weighted by molar-refractivity contribution is -0.141. The van der Waals surface area contributed by atoms with Crippen molar-refractivity contribution in [1.29, 1.82) is 0 Å². The highest BCUT2D eigenvalue weighted by molar-refractivity contribution is 7.80. The van der Waals surface area contributed by atoms with E-state index in [2.05, 4.69) is 12.6 Å². The lowest BCUT2D eigenvalue weighted by atomic mass is 10.1. The van der Waals surface area contributed by atoms with Crippen molar-refractivity contribution in [2.75, 3.05) is 12.4 Å². The van der Waals surface area contributed by atoms with Gasteiger partial charge in [0.2, 0.25) is 0 Å². The summed E-state index contributed by atoms with van der Waals surface area (Å²) in [7, 11) is 0. The number of hydrogen-bond donors (Lipinski definition) is 1. The van der Waals surface area contributed by atoms with E-state index < -0.39 is 0 Å². The molecule has 0 aromatic carbocycles. The average molecular weight is 174 g/mol. The van der Waals surface area contributed by atoms with E-state index in [1.807, 2.05) is 0 Å². The Labute approximate surface area is 72.7 Å². The van der Waals surface area contributed by atoms with Crippen molar-refractivity contribution in [2.24, 2.45) is 5.41 Å². The van der Waals surface area contributed by atoms with Crippen molar-refractivity contribution >= 4 is 18.6 Å². The highest BCUT2D eigenvalue weighted by Gasteiger charge is 2.40. The average Bonchev–Trinajstić information content (AvgIpc) is 2.69. The Hall–Kier alpha value is -0.180. The molecule has 0 aromatic heterocycles. The molecular weight excluding hydrogens is 160 g/mol. The van der Waals surface area contributed by atoms with Crippen LogP contribution in [0.1, 0.15) is 26.2 Å². The summed E-state index contributed by atoms with van der Waals surface area (Å²) in [6, 6.07) is 0. The Morgan fingerprint density at radius 3 is 2.64 bits per heavy atom. The topological polar surface area (TPSA) is 26.3 Å². The number of esters is 1. The summed E-state index contributed by atoms with van der Waals surface area (Å²) >= 11 is 4.25. The molecule has 2 nitrogen and oxygen atoms in total. The summed E-state index contributed by atoms with van der Waals surface area (Å²) in [4.78, 5) is 10.4. The third kappa shape index (κ3) is 2.73. The maximum Gasteiger partial charge on any atom is 0.302 e. The fourth-order valence-electron chi connectivity index (χ4n) is 1.08. The van der Waals surface area contributed by atoms with E-state index in [4.69, 9.17) is 4.74 Å². The van der Waals surface area contributed by atoms with Gasteiger partial charge in [-0.05, 0) is 30.4 Å². The second-order valence-electron chi connectivity index (χ2n) is 3.25. The molecule has 0 heterocycles. The molecule has 64 valence electrons. The number of carbonyl (C=O) groups excluding carboxylic acids is 1. The molecule has 1 saturated carbocycles. The van der Waals surface area contributed by atoms with E-state index in [1.165, 1.54) is 19.8 Å². The second-order valence-corrected chi connectivity index (χ2v) is 3.56. The van der Waals surface area contributed by atoms with Crippen LogP contribution in [-0.4, -0.2) is 18.3 Å². The van der Waals surface area contributed by atoms with Gasteiger partial charge in [-0.1, -0.05) is 0 Å². The van der Waals surface area contributed by atoms with Crippen LogP contribution in [0.5, 0.6) is 0 Å². The van der Waals surface area contributed by atoms with Gasteiger partial charge < -0.3 is 4.74 Å². The van der Waals surface area contributed by atoms with Gasteiger partial charge in [0.05, 0.1) is 6.61 Å². The van der Waals surface area contributed by atoms with Crippen LogP contribution in [0.3, 0.4) is 0 Å². The standard InChI is InChI=1S/C8H14O2S/c1-7(9)10-5-4-8(6-11)2-3-8/h11H,2-6H2,1H3. The van der Waals surface area contributed by atoms with E-state index in [0.717, 1.165) is 12.2 Å². The van der Waals surface area contributed by atoms with E-state index >= 15 is 0 Å². The van der Waals surface area contributed by atoms with E-state index in [0.29, 0.717) is 12.0 Å². The van der Waals surface area contributed by atoms with Gasteiger partial charge in [-0.3, -0.25) is 4.79 Å². The number of ether oxygens (including phenoxy) is 1. The molecule has 0 aromatic rings. The minimum absolute atomic E-state index is 0.181. The molecule has 0 bridgehead atoms. The summed E-state index contributed by atoms with van der Waals surface area (Å²) in [5.41, 5.74) is 0.415. The summed E-state index contributed by atoms with van der Waals surface area (Å²) in [5, 5.41) is 0. The molecule has 0 radical (unpaired) electrons. The smallest absolute Gasteiger partial charge is 0.302 e. The lowest BCUT2D eigenvalue weighted by Crippen LogP contribution is -2.09. The normalized spacial score (nSPS) is 19.5.